The highest BCUT2D eigenvalue weighted by Crippen LogP contribution is 2.20. The Labute approximate surface area is 113 Å². The van der Waals surface area contributed by atoms with Crippen LogP contribution in [0.15, 0.2) is 6.20 Å². The summed E-state index contributed by atoms with van der Waals surface area (Å²) in [6.45, 7) is 6.75. The standard InChI is InChI=1S/C12H23N5O2/c1-12(2,3)4-10(18)6-14-11(19)8-17-7-9(5-13)15-16-17/h7,10,18H,4-6,8,13H2,1-3H3,(H,14,19). The molecule has 7 heteroatoms. The highest BCUT2D eigenvalue weighted by atomic mass is 16.3. The van der Waals surface area contributed by atoms with E-state index in [1.165, 1.54) is 4.68 Å². The summed E-state index contributed by atoms with van der Waals surface area (Å²) in [7, 11) is 0. The number of nitrogens with zero attached hydrogens (tertiary/aromatic N) is 3. The highest BCUT2D eigenvalue weighted by molar-refractivity contribution is 5.75. The van der Waals surface area contributed by atoms with Crippen LogP contribution in [0.1, 0.15) is 32.9 Å². The number of nitrogens with two attached hydrogens (primary N) is 1. The van der Waals surface area contributed by atoms with Crippen molar-refractivity contribution in [3.8, 4) is 0 Å². The van der Waals surface area contributed by atoms with Crippen molar-refractivity contribution in [1.29, 1.82) is 0 Å². The molecule has 0 fully saturated rings. The summed E-state index contributed by atoms with van der Waals surface area (Å²) in [5, 5.41) is 20.0. The van der Waals surface area contributed by atoms with Gasteiger partial charge < -0.3 is 16.2 Å². The number of carbonyl (C=O) groups is 1. The fourth-order valence-electron chi connectivity index (χ4n) is 1.72. The maximum absolute atomic E-state index is 11.6. The lowest BCUT2D eigenvalue weighted by molar-refractivity contribution is -0.122. The molecular weight excluding hydrogens is 246 g/mol. The minimum atomic E-state index is -0.542. The number of aliphatic hydroxyl groups is 1. The molecule has 0 aliphatic carbocycles. The first-order valence-electron chi connectivity index (χ1n) is 6.34. The Hall–Kier alpha value is -1.47. The van der Waals surface area contributed by atoms with Crippen molar-refractivity contribution in [2.45, 2.75) is 46.4 Å². The average Bonchev–Trinajstić information content (AvgIpc) is 2.72. The van der Waals surface area contributed by atoms with Crippen LogP contribution in [0.5, 0.6) is 0 Å². The first-order valence-corrected chi connectivity index (χ1v) is 6.34. The van der Waals surface area contributed by atoms with Gasteiger partial charge in [-0.05, 0) is 11.8 Å². The Balaban J connectivity index is 2.31. The number of hydrogen-bond acceptors (Lipinski definition) is 5. The minimum Gasteiger partial charge on any atom is -0.391 e. The van der Waals surface area contributed by atoms with Gasteiger partial charge in [-0.15, -0.1) is 5.10 Å². The van der Waals surface area contributed by atoms with Gasteiger partial charge in [0.2, 0.25) is 5.91 Å². The topological polar surface area (TPSA) is 106 Å². The third kappa shape index (κ3) is 6.30. The summed E-state index contributed by atoms with van der Waals surface area (Å²) in [5.41, 5.74) is 6.07. The molecule has 1 aromatic heterocycles. The van der Waals surface area contributed by atoms with E-state index < -0.39 is 6.10 Å². The summed E-state index contributed by atoms with van der Waals surface area (Å²) in [5.74, 6) is -0.207. The van der Waals surface area contributed by atoms with Gasteiger partial charge in [-0.25, -0.2) is 4.68 Å². The molecule has 1 aromatic rings. The summed E-state index contributed by atoms with van der Waals surface area (Å²) >= 11 is 0. The summed E-state index contributed by atoms with van der Waals surface area (Å²) < 4.78 is 1.42. The maximum Gasteiger partial charge on any atom is 0.241 e. The lowest BCUT2D eigenvalue weighted by Gasteiger charge is -2.22. The number of aliphatic hydroxyl groups excluding tert-OH is 1. The van der Waals surface area contributed by atoms with Crippen LogP contribution in [0.4, 0.5) is 0 Å². The molecule has 0 aromatic carbocycles. The molecule has 0 aliphatic heterocycles. The van der Waals surface area contributed by atoms with Gasteiger partial charge in [0.25, 0.3) is 0 Å². The van der Waals surface area contributed by atoms with E-state index in [0.717, 1.165) is 0 Å². The Morgan fingerprint density at radius 2 is 2.26 bits per heavy atom. The molecule has 0 saturated heterocycles. The van der Waals surface area contributed by atoms with Crippen LogP contribution in [0.25, 0.3) is 0 Å². The minimum absolute atomic E-state index is 0.0338. The van der Waals surface area contributed by atoms with Crippen LogP contribution in [-0.2, 0) is 17.9 Å². The van der Waals surface area contributed by atoms with E-state index in [-0.39, 0.29) is 24.4 Å². The molecule has 1 atom stereocenters. The van der Waals surface area contributed by atoms with Crippen LogP contribution < -0.4 is 11.1 Å². The molecule has 0 spiro atoms. The predicted molar refractivity (Wildman–Crippen MR) is 71.0 cm³/mol. The van der Waals surface area contributed by atoms with Crippen molar-refractivity contribution >= 4 is 5.91 Å². The van der Waals surface area contributed by atoms with Crippen LogP contribution in [0, 0.1) is 5.41 Å². The first kappa shape index (κ1) is 15.6. The number of aromatic nitrogens is 3. The quantitative estimate of drug-likeness (QED) is 0.654. The molecule has 0 saturated carbocycles. The Morgan fingerprint density at radius 3 is 2.79 bits per heavy atom. The zero-order valence-corrected chi connectivity index (χ0v) is 11.8. The third-order valence-corrected chi connectivity index (χ3v) is 2.48. The SMILES string of the molecule is CC(C)(C)CC(O)CNC(=O)Cn1cc(CN)nn1. The van der Waals surface area contributed by atoms with E-state index in [4.69, 9.17) is 5.73 Å². The fraction of sp³-hybridized carbons (Fsp3) is 0.750. The summed E-state index contributed by atoms with van der Waals surface area (Å²) in [6, 6.07) is 0. The monoisotopic (exact) mass is 269 g/mol. The van der Waals surface area contributed by atoms with Crippen molar-refractivity contribution in [2.24, 2.45) is 11.1 Å². The largest absolute Gasteiger partial charge is 0.391 e. The van der Waals surface area contributed by atoms with Gasteiger partial charge in [-0.2, -0.15) is 0 Å². The van der Waals surface area contributed by atoms with Crippen molar-refractivity contribution in [2.75, 3.05) is 6.54 Å². The molecule has 0 bridgehead atoms. The van der Waals surface area contributed by atoms with Gasteiger partial charge >= 0.3 is 0 Å². The van der Waals surface area contributed by atoms with Crippen molar-refractivity contribution in [3.05, 3.63) is 11.9 Å². The molecule has 7 nitrogen and oxygen atoms in total. The Morgan fingerprint density at radius 1 is 1.58 bits per heavy atom. The lowest BCUT2D eigenvalue weighted by Crippen LogP contribution is -2.36. The van der Waals surface area contributed by atoms with Gasteiger partial charge in [0.1, 0.15) is 6.54 Å². The van der Waals surface area contributed by atoms with E-state index in [1.807, 2.05) is 20.8 Å². The van der Waals surface area contributed by atoms with Crippen molar-refractivity contribution in [1.82, 2.24) is 20.3 Å². The molecular formula is C12H23N5O2. The Bertz CT molecular complexity index is 410. The van der Waals surface area contributed by atoms with Gasteiger partial charge in [-0.1, -0.05) is 26.0 Å². The number of carbonyl (C=O) groups excluding carboxylic acids is 1. The van der Waals surface area contributed by atoms with Crippen LogP contribution in [0.3, 0.4) is 0 Å². The van der Waals surface area contributed by atoms with Gasteiger partial charge in [0.15, 0.2) is 0 Å². The molecule has 108 valence electrons. The van der Waals surface area contributed by atoms with E-state index in [1.54, 1.807) is 6.20 Å². The molecule has 1 unspecified atom stereocenters. The Kier molecular flexibility index (Phi) is 5.44. The second-order valence-corrected chi connectivity index (χ2v) is 5.83. The molecule has 19 heavy (non-hydrogen) atoms. The van der Waals surface area contributed by atoms with E-state index in [2.05, 4.69) is 15.6 Å². The first-order chi connectivity index (χ1) is 8.80. The normalized spacial score (nSPS) is 13.3. The lowest BCUT2D eigenvalue weighted by atomic mass is 9.89. The highest BCUT2D eigenvalue weighted by Gasteiger charge is 2.17. The van der Waals surface area contributed by atoms with Gasteiger partial charge in [0, 0.05) is 13.1 Å². The van der Waals surface area contributed by atoms with Gasteiger partial charge in [0.05, 0.1) is 18.0 Å². The number of hydrogen-bond donors (Lipinski definition) is 3. The molecule has 1 rings (SSSR count). The number of nitrogens with one attached hydrogen (secondary N) is 1. The smallest absolute Gasteiger partial charge is 0.241 e. The second kappa shape index (κ2) is 6.63. The zero-order valence-electron chi connectivity index (χ0n) is 11.8. The second-order valence-electron chi connectivity index (χ2n) is 5.83. The number of amides is 1. The van der Waals surface area contributed by atoms with Gasteiger partial charge in [-0.3, -0.25) is 4.79 Å². The van der Waals surface area contributed by atoms with E-state index in [0.29, 0.717) is 18.7 Å². The summed E-state index contributed by atoms with van der Waals surface area (Å²) in [4.78, 5) is 11.6. The third-order valence-electron chi connectivity index (χ3n) is 2.48. The van der Waals surface area contributed by atoms with E-state index in [9.17, 15) is 9.90 Å². The van der Waals surface area contributed by atoms with Crippen LogP contribution >= 0.6 is 0 Å². The van der Waals surface area contributed by atoms with Crippen LogP contribution in [-0.4, -0.2) is 38.7 Å². The van der Waals surface area contributed by atoms with Crippen LogP contribution in [0.2, 0.25) is 0 Å². The predicted octanol–water partition coefficient (Wildman–Crippen LogP) is -0.350. The summed E-state index contributed by atoms with van der Waals surface area (Å²) in [6.07, 6.45) is 1.72. The molecule has 1 heterocycles. The van der Waals surface area contributed by atoms with Crippen molar-refractivity contribution < 1.29 is 9.90 Å². The average molecular weight is 269 g/mol. The molecule has 1 amide bonds. The number of rotatable bonds is 6. The molecule has 0 aliphatic rings. The maximum atomic E-state index is 11.6. The zero-order chi connectivity index (χ0) is 14.5. The van der Waals surface area contributed by atoms with E-state index >= 15 is 0 Å². The molecule has 0 radical (unpaired) electrons. The van der Waals surface area contributed by atoms with Crippen molar-refractivity contribution in [3.63, 3.8) is 0 Å². The fourth-order valence-corrected chi connectivity index (χ4v) is 1.72. The molecule has 4 N–H and O–H groups in total.